The fourth-order valence-corrected chi connectivity index (χ4v) is 3.14. The van der Waals surface area contributed by atoms with Crippen LogP contribution >= 0.6 is 0 Å². The number of rotatable bonds is 4. The molecule has 6 heteroatoms. The van der Waals surface area contributed by atoms with Crippen molar-refractivity contribution in [3.05, 3.63) is 18.2 Å². The molecule has 1 saturated carbocycles. The van der Waals surface area contributed by atoms with Gasteiger partial charge in [0.15, 0.2) is 0 Å². The van der Waals surface area contributed by atoms with Crippen molar-refractivity contribution < 1.29 is 8.42 Å². The molecule has 5 nitrogen and oxygen atoms in total. The molecule has 0 unspecified atom stereocenters. The van der Waals surface area contributed by atoms with Crippen molar-refractivity contribution >= 4 is 21.4 Å². The zero-order valence-electron chi connectivity index (χ0n) is 10.2. The zero-order chi connectivity index (χ0) is 13.2. The molecule has 0 spiro atoms. The van der Waals surface area contributed by atoms with E-state index >= 15 is 0 Å². The van der Waals surface area contributed by atoms with E-state index in [4.69, 9.17) is 10.9 Å². The van der Waals surface area contributed by atoms with Crippen molar-refractivity contribution in [2.24, 2.45) is 11.1 Å². The minimum atomic E-state index is -3.74. The topological polar surface area (TPSA) is 98.2 Å². The predicted molar refractivity (Wildman–Crippen MR) is 72.7 cm³/mol. The molecular weight excluding hydrogens is 250 g/mol. The lowest BCUT2D eigenvalue weighted by molar-refractivity contribution is 0.578. The molecule has 0 atom stereocenters. The number of nitrogens with one attached hydrogen (secondary N) is 1. The molecule has 0 aromatic heterocycles. The Bertz CT molecular complexity index is 522. The average Bonchev–Trinajstić information content (AvgIpc) is 2.79. The molecule has 1 aliphatic rings. The maximum absolute atomic E-state index is 11.5. The van der Waals surface area contributed by atoms with E-state index < -0.39 is 10.0 Å². The highest BCUT2D eigenvalue weighted by Gasteiger charge is 2.18. The SMILES string of the molecule is Nc1ccc(NCC2CCCC2)c(S(N)(=O)=O)c1. The molecule has 1 fully saturated rings. The lowest BCUT2D eigenvalue weighted by atomic mass is 10.1. The monoisotopic (exact) mass is 269 g/mol. The summed E-state index contributed by atoms with van der Waals surface area (Å²) in [5.41, 5.74) is 6.53. The molecule has 0 bridgehead atoms. The number of benzene rings is 1. The average molecular weight is 269 g/mol. The summed E-state index contributed by atoms with van der Waals surface area (Å²) in [5.74, 6) is 0.621. The largest absolute Gasteiger partial charge is 0.399 e. The quantitative estimate of drug-likeness (QED) is 0.722. The van der Waals surface area contributed by atoms with Crippen molar-refractivity contribution in [2.75, 3.05) is 17.6 Å². The summed E-state index contributed by atoms with van der Waals surface area (Å²) in [4.78, 5) is 0.0699. The Morgan fingerprint density at radius 2 is 1.94 bits per heavy atom. The highest BCUT2D eigenvalue weighted by atomic mass is 32.2. The van der Waals surface area contributed by atoms with Gasteiger partial charge in [-0.3, -0.25) is 0 Å². The van der Waals surface area contributed by atoms with Crippen LogP contribution < -0.4 is 16.2 Å². The van der Waals surface area contributed by atoms with Crippen LogP contribution in [0, 0.1) is 5.92 Å². The van der Waals surface area contributed by atoms with Crippen molar-refractivity contribution in [1.82, 2.24) is 0 Å². The summed E-state index contributed by atoms with van der Waals surface area (Å²) >= 11 is 0. The van der Waals surface area contributed by atoms with Gasteiger partial charge >= 0.3 is 0 Å². The molecule has 0 heterocycles. The Labute approximate surface area is 108 Å². The second-order valence-corrected chi connectivity index (χ2v) is 6.36. The lowest BCUT2D eigenvalue weighted by Crippen LogP contribution is -2.18. The number of primary sulfonamides is 1. The van der Waals surface area contributed by atoms with Gasteiger partial charge in [0.25, 0.3) is 0 Å². The maximum atomic E-state index is 11.5. The van der Waals surface area contributed by atoms with Crippen LogP contribution in [-0.2, 0) is 10.0 Å². The molecule has 100 valence electrons. The van der Waals surface area contributed by atoms with Gasteiger partial charge in [-0.25, -0.2) is 13.6 Å². The van der Waals surface area contributed by atoms with Gasteiger partial charge in [0, 0.05) is 12.2 Å². The van der Waals surface area contributed by atoms with E-state index in [2.05, 4.69) is 5.32 Å². The number of anilines is 2. The normalized spacial score (nSPS) is 16.9. The van der Waals surface area contributed by atoms with Gasteiger partial charge in [-0.15, -0.1) is 0 Å². The second-order valence-electron chi connectivity index (χ2n) is 4.83. The van der Waals surface area contributed by atoms with E-state index in [1.54, 1.807) is 12.1 Å². The first-order valence-corrected chi connectivity index (χ1v) is 7.67. The van der Waals surface area contributed by atoms with Gasteiger partial charge < -0.3 is 11.1 Å². The molecule has 0 saturated heterocycles. The van der Waals surface area contributed by atoms with E-state index in [0.29, 0.717) is 17.3 Å². The summed E-state index contributed by atoms with van der Waals surface area (Å²) in [7, 11) is -3.74. The van der Waals surface area contributed by atoms with Crippen LogP contribution in [0.4, 0.5) is 11.4 Å². The van der Waals surface area contributed by atoms with Crippen LogP contribution in [0.1, 0.15) is 25.7 Å². The van der Waals surface area contributed by atoms with E-state index in [1.165, 1.54) is 31.7 Å². The van der Waals surface area contributed by atoms with Gasteiger partial charge in [-0.05, 0) is 37.0 Å². The second kappa shape index (κ2) is 5.16. The summed E-state index contributed by atoms with van der Waals surface area (Å²) in [6.07, 6.45) is 4.92. The van der Waals surface area contributed by atoms with Gasteiger partial charge in [0.2, 0.25) is 10.0 Å². The number of hydrogen-bond donors (Lipinski definition) is 3. The first-order chi connectivity index (χ1) is 8.47. The Kier molecular flexibility index (Phi) is 3.77. The van der Waals surface area contributed by atoms with E-state index in [9.17, 15) is 8.42 Å². The van der Waals surface area contributed by atoms with Crippen LogP contribution in [0.25, 0.3) is 0 Å². The highest BCUT2D eigenvalue weighted by Crippen LogP contribution is 2.27. The van der Waals surface area contributed by atoms with Crippen molar-refractivity contribution in [3.8, 4) is 0 Å². The van der Waals surface area contributed by atoms with Crippen LogP contribution in [0.5, 0.6) is 0 Å². The van der Waals surface area contributed by atoms with Gasteiger partial charge in [-0.2, -0.15) is 0 Å². The minimum absolute atomic E-state index is 0.0699. The molecular formula is C12H19N3O2S. The number of hydrogen-bond acceptors (Lipinski definition) is 4. The zero-order valence-corrected chi connectivity index (χ0v) is 11.0. The summed E-state index contributed by atoms with van der Waals surface area (Å²) in [6.45, 7) is 0.784. The molecule has 1 aromatic rings. The summed E-state index contributed by atoms with van der Waals surface area (Å²) in [5, 5.41) is 8.36. The summed E-state index contributed by atoms with van der Waals surface area (Å²) < 4.78 is 23.0. The Hall–Kier alpha value is -1.27. The maximum Gasteiger partial charge on any atom is 0.240 e. The molecule has 0 aliphatic heterocycles. The fraction of sp³-hybridized carbons (Fsp3) is 0.500. The van der Waals surface area contributed by atoms with Crippen LogP contribution in [0.2, 0.25) is 0 Å². The molecule has 1 aromatic carbocycles. The van der Waals surface area contributed by atoms with Gasteiger partial charge in [-0.1, -0.05) is 12.8 Å². The highest BCUT2D eigenvalue weighted by molar-refractivity contribution is 7.89. The van der Waals surface area contributed by atoms with Gasteiger partial charge in [0.1, 0.15) is 4.90 Å². The number of nitrogen functional groups attached to an aromatic ring is 1. The summed E-state index contributed by atoms with van der Waals surface area (Å²) in [6, 6.07) is 4.74. The van der Waals surface area contributed by atoms with Gasteiger partial charge in [0.05, 0.1) is 5.69 Å². The molecule has 2 rings (SSSR count). The Balaban J connectivity index is 2.16. The first-order valence-electron chi connectivity index (χ1n) is 6.13. The van der Waals surface area contributed by atoms with E-state index in [1.807, 2.05) is 0 Å². The van der Waals surface area contributed by atoms with Crippen LogP contribution in [0.3, 0.4) is 0 Å². The third-order valence-electron chi connectivity index (χ3n) is 3.37. The van der Waals surface area contributed by atoms with Crippen molar-refractivity contribution in [1.29, 1.82) is 0 Å². The molecule has 1 aliphatic carbocycles. The smallest absolute Gasteiger partial charge is 0.240 e. The lowest BCUT2D eigenvalue weighted by Gasteiger charge is -2.14. The molecule has 0 radical (unpaired) electrons. The molecule has 18 heavy (non-hydrogen) atoms. The minimum Gasteiger partial charge on any atom is -0.399 e. The van der Waals surface area contributed by atoms with Crippen molar-refractivity contribution in [2.45, 2.75) is 30.6 Å². The fourth-order valence-electron chi connectivity index (χ4n) is 2.39. The Morgan fingerprint density at radius 1 is 1.28 bits per heavy atom. The predicted octanol–water partition coefficient (Wildman–Crippen LogP) is 1.52. The van der Waals surface area contributed by atoms with E-state index in [0.717, 1.165) is 6.54 Å². The first kappa shape index (κ1) is 13.2. The van der Waals surface area contributed by atoms with E-state index in [-0.39, 0.29) is 4.90 Å². The Morgan fingerprint density at radius 3 is 2.56 bits per heavy atom. The number of nitrogens with two attached hydrogens (primary N) is 2. The van der Waals surface area contributed by atoms with Crippen molar-refractivity contribution in [3.63, 3.8) is 0 Å². The van der Waals surface area contributed by atoms with Crippen LogP contribution in [-0.4, -0.2) is 15.0 Å². The number of sulfonamides is 1. The van der Waals surface area contributed by atoms with Crippen LogP contribution in [0.15, 0.2) is 23.1 Å². The molecule has 5 N–H and O–H groups in total. The third-order valence-corrected chi connectivity index (χ3v) is 4.32. The third kappa shape index (κ3) is 3.14. The molecule has 0 amide bonds. The standard InChI is InChI=1S/C12H19N3O2S/c13-10-5-6-11(12(7-10)18(14,16)17)15-8-9-3-1-2-4-9/h5-7,9,15H,1-4,8,13H2,(H2,14,16,17).